The van der Waals surface area contributed by atoms with Gasteiger partial charge >= 0.3 is 0 Å². The molecule has 0 aliphatic heterocycles. The molecule has 7 nitrogen and oxygen atoms in total. The average Bonchev–Trinajstić information content (AvgIpc) is 3.12. The Morgan fingerprint density at radius 1 is 1.15 bits per heavy atom. The van der Waals surface area contributed by atoms with Crippen LogP contribution >= 0.6 is 0 Å². The van der Waals surface area contributed by atoms with Crippen LogP contribution in [0.25, 0.3) is 22.4 Å². The minimum Gasteiger partial charge on any atom is -0.366 e. The van der Waals surface area contributed by atoms with E-state index in [1.807, 2.05) is 25.2 Å². The Kier molecular flexibility index (Phi) is 5.71. The molecular weight excluding hydrogens is 340 g/mol. The summed E-state index contributed by atoms with van der Waals surface area (Å²) >= 11 is 0. The van der Waals surface area contributed by atoms with Gasteiger partial charge in [-0.3, -0.25) is 4.79 Å². The zero-order chi connectivity index (χ0) is 19.4. The van der Waals surface area contributed by atoms with Crippen molar-refractivity contribution in [2.75, 3.05) is 38.1 Å². The Hall–Kier alpha value is -2.93. The summed E-state index contributed by atoms with van der Waals surface area (Å²) in [5, 5.41) is 0. The molecule has 0 unspecified atom stereocenters. The van der Waals surface area contributed by atoms with Gasteiger partial charge in [-0.25, -0.2) is 9.97 Å². The van der Waals surface area contributed by atoms with Crippen molar-refractivity contribution < 1.29 is 4.79 Å². The topological polar surface area (TPSA) is 91.1 Å². The number of benzene rings is 1. The highest BCUT2D eigenvalue weighted by Crippen LogP contribution is 2.23. The number of amides is 1. The van der Waals surface area contributed by atoms with Gasteiger partial charge in [0.2, 0.25) is 0 Å². The first-order chi connectivity index (χ1) is 13.0. The van der Waals surface area contributed by atoms with Gasteiger partial charge < -0.3 is 20.5 Å². The summed E-state index contributed by atoms with van der Waals surface area (Å²) in [7, 11) is 2.05. The van der Waals surface area contributed by atoms with Gasteiger partial charge in [0.1, 0.15) is 17.2 Å². The quantitative estimate of drug-likeness (QED) is 0.639. The Labute approximate surface area is 159 Å². The fourth-order valence-corrected chi connectivity index (χ4v) is 3.07. The normalized spacial score (nSPS) is 11.3. The predicted molar refractivity (Wildman–Crippen MR) is 109 cm³/mol. The number of aromatic amines is 1. The molecule has 2 heterocycles. The van der Waals surface area contributed by atoms with Gasteiger partial charge in [-0.15, -0.1) is 0 Å². The lowest BCUT2D eigenvalue weighted by Gasteiger charge is -2.23. The van der Waals surface area contributed by atoms with Gasteiger partial charge in [-0.2, -0.15) is 0 Å². The number of carbonyl (C=O) groups is 1. The predicted octanol–water partition coefficient (Wildman–Crippen LogP) is 2.50. The molecule has 0 atom stereocenters. The number of pyridine rings is 1. The van der Waals surface area contributed by atoms with Crippen LogP contribution in [0.1, 0.15) is 24.2 Å². The summed E-state index contributed by atoms with van der Waals surface area (Å²) in [5.41, 5.74) is 8.08. The van der Waals surface area contributed by atoms with E-state index in [1.165, 1.54) is 0 Å². The number of anilines is 1. The Bertz CT molecular complexity index is 914. The molecule has 0 bridgehead atoms. The Morgan fingerprint density at radius 3 is 2.56 bits per heavy atom. The number of primary amides is 1. The van der Waals surface area contributed by atoms with E-state index in [4.69, 9.17) is 5.73 Å². The molecule has 0 saturated carbocycles. The summed E-state index contributed by atoms with van der Waals surface area (Å²) in [5.74, 6) is 1.10. The van der Waals surface area contributed by atoms with Gasteiger partial charge in [-0.05, 0) is 37.4 Å². The van der Waals surface area contributed by atoms with E-state index in [9.17, 15) is 4.79 Å². The number of hydrogen-bond donors (Lipinski definition) is 2. The first-order valence-corrected chi connectivity index (χ1v) is 9.22. The standard InChI is InChI=1S/C20H26N6O/c1-4-26(5-2)12-11-25(3)17-10-9-14(13-22-17)20-23-16-8-6-7-15(19(21)27)18(16)24-20/h6-10,13H,4-5,11-12H2,1-3H3,(H2,21,27)(H,23,24). The largest absolute Gasteiger partial charge is 0.366 e. The third-order valence-corrected chi connectivity index (χ3v) is 4.84. The Morgan fingerprint density at radius 2 is 1.93 bits per heavy atom. The second-order valence-electron chi connectivity index (χ2n) is 6.50. The molecule has 142 valence electrons. The molecule has 2 aromatic heterocycles. The zero-order valence-electron chi connectivity index (χ0n) is 16.1. The third kappa shape index (κ3) is 4.09. The van der Waals surface area contributed by atoms with E-state index in [2.05, 4.69) is 38.6 Å². The summed E-state index contributed by atoms with van der Waals surface area (Å²) in [6.07, 6.45) is 1.80. The van der Waals surface area contributed by atoms with Crippen molar-refractivity contribution in [3.63, 3.8) is 0 Å². The van der Waals surface area contributed by atoms with Gasteiger partial charge in [0, 0.05) is 31.9 Å². The second-order valence-corrected chi connectivity index (χ2v) is 6.50. The zero-order valence-corrected chi connectivity index (χ0v) is 16.1. The van der Waals surface area contributed by atoms with E-state index in [0.717, 1.165) is 43.1 Å². The molecule has 0 aliphatic rings. The number of imidazole rings is 1. The van der Waals surface area contributed by atoms with Crippen LogP contribution in [0.4, 0.5) is 5.82 Å². The molecular formula is C20H26N6O. The van der Waals surface area contributed by atoms with Crippen molar-refractivity contribution in [3.8, 4) is 11.4 Å². The average molecular weight is 366 g/mol. The molecule has 3 N–H and O–H groups in total. The summed E-state index contributed by atoms with van der Waals surface area (Å²) in [6.45, 7) is 8.38. The maximum absolute atomic E-state index is 11.6. The van der Waals surface area contributed by atoms with Gasteiger partial charge in [0.25, 0.3) is 5.91 Å². The highest BCUT2D eigenvalue weighted by molar-refractivity contribution is 6.04. The van der Waals surface area contributed by atoms with Crippen LogP contribution in [0.5, 0.6) is 0 Å². The van der Waals surface area contributed by atoms with Crippen LogP contribution in [0.3, 0.4) is 0 Å². The lowest BCUT2D eigenvalue weighted by atomic mass is 10.2. The molecule has 0 aliphatic carbocycles. The number of nitrogens with two attached hydrogens (primary N) is 1. The number of H-pyrrole nitrogens is 1. The number of para-hydroxylation sites is 1. The van der Waals surface area contributed by atoms with Gasteiger partial charge in [0.15, 0.2) is 0 Å². The number of likely N-dealkylation sites (N-methyl/N-ethyl adjacent to an activating group) is 2. The van der Waals surface area contributed by atoms with Crippen molar-refractivity contribution >= 4 is 22.8 Å². The highest BCUT2D eigenvalue weighted by atomic mass is 16.1. The van der Waals surface area contributed by atoms with Crippen LogP contribution in [0, 0.1) is 0 Å². The second kappa shape index (κ2) is 8.18. The van der Waals surface area contributed by atoms with Crippen LogP contribution in [0.15, 0.2) is 36.5 Å². The van der Waals surface area contributed by atoms with Gasteiger partial charge in [0.05, 0.1) is 11.1 Å². The molecule has 0 saturated heterocycles. The molecule has 0 spiro atoms. The summed E-state index contributed by atoms with van der Waals surface area (Å²) in [4.78, 5) is 28.5. The van der Waals surface area contributed by atoms with Crippen LogP contribution < -0.4 is 10.6 Å². The maximum Gasteiger partial charge on any atom is 0.250 e. The van der Waals surface area contributed by atoms with Gasteiger partial charge in [-0.1, -0.05) is 19.9 Å². The van der Waals surface area contributed by atoms with Crippen molar-refractivity contribution in [2.45, 2.75) is 13.8 Å². The summed E-state index contributed by atoms with van der Waals surface area (Å²) < 4.78 is 0. The fourth-order valence-electron chi connectivity index (χ4n) is 3.07. The van der Waals surface area contributed by atoms with E-state index in [-0.39, 0.29) is 0 Å². The monoisotopic (exact) mass is 366 g/mol. The van der Waals surface area contributed by atoms with Crippen molar-refractivity contribution in [3.05, 3.63) is 42.1 Å². The highest BCUT2D eigenvalue weighted by Gasteiger charge is 2.13. The number of hydrogen-bond acceptors (Lipinski definition) is 5. The van der Waals surface area contributed by atoms with E-state index in [0.29, 0.717) is 16.9 Å². The minimum absolute atomic E-state index is 0.413. The van der Waals surface area contributed by atoms with E-state index in [1.54, 1.807) is 18.3 Å². The lowest BCUT2D eigenvalue weighted by molar-refractivity contribution is 0.100. The van der Waals surface area contributed by atoms with E-state index >= 15 is 0 Å². The first kappa shape index (κ1) is 18.8. The fraction of sp³-hybridized carbons (Fsp3) is 0.350. The van der Waals surface area contributed by atoms with Crippen LogP contribution in [-0.2, 0) is 0 Å². The van der Waals surface area contributed by atoms with Crippen molar-refractivity contribution in [2.24, 2.45) is 5.73 Å². The Balaban J connectivity index is 1.78. The number of aromatic nitrogens is 3. The molecule has 0 fully saturated rings. The molecule has 1 aromatic carbocycles. The number of carbonyl (C=O) groups excluding carboxylic acids is 1. The number of fused-ring (bicyclic) bond motifs is 1. The van der Waals surface area contributed by atoms with Crippen molar-refractivity contribution in [1.29, 1.82) is 0 Å². The lowest BCUT2D eigenvalue weighted by Crippen LogP contribution is -2.33. The third-order valence-electron chi connectivity index (χ3n) is 4.84. The first-order valence-electron chi connectivity index (χ1n) is 9.22. The molecule has 27 heavy (non-hydrogen) atoms. The van der Waals surface area contributed by atoms with Crippen LogP contribution in [0.2, 0.25) is 0 Å². The summed E-state index contributed by atoms with van der Waals surface area (Å²) in [6, 6.07) is 9.32. The number of nitrogens with zero attached hydrogens (tertiary/aromatic N) is 4. The number of rotatable bonds is 8. The molecule has 3 aromatic rings. The molecule has 0 radical (unpaired) electrons. The molecule has 1 amide bonds. The smallest absolute Gasteiger partial charge is 0.250 e. The van der Waals surface area contributed by atoms with Crippen LogP contribution in [-0.4, -0.2) is 59.0 Å². The molecule has 3 rings (SSSR count). The van der Waals surface area contributed by atoms with E-state index < -0.39 is 5.91 Å². The maximum atomic E-state index is 11.6. The molecule has 7 heteroatoms. The number of nitrogens with one attached hydrogen (secondary N) is 1. The van der Waals surface area contributed by atoms with Crippen molar-refractivity contribution in [1.82, 2.24) is 19.9 Å². The minimum atomic E-state index is -0.484. The SMILES string of the molecule is CCN(CC)CCN(C)c1ccc(-c2nc3c(C(N)=O)cccc3[nH]2)cn1.